The fourth-order valence-electron chi connectivity index (χ4n) is 3.41. The molecule has 1 saturated carbocycles. The van der Waals surface area contributed by atoms with Gasteiger partial charge in [0.25, 0.3) is 0 Å². The third-order valence-corrected chi connectivity index (χ3v) is 4.53. The maximum atomic E-state index is 12.5. The van der Waals surface area contributed by atoms with Gasteiger partial charge in [0.15, 0.2) is 0 Å². The van der Waals surface area contributed by atoms with E-state index in [1.165, 1.54) is 6.42 Å². The van der Waals surface area contributed by atoms with Gasteiger partial charge in [0, 0.05) is 24.0 Å². The highest BCUT2D eigenvalue weighted by atomic mass is 16.5. The van der Waals surface area contributed by atoms with E-state index in [2.05, 4.69) is 12.2 Å². The first kappa shape index (κ1) is 15.2. The number of benzene rings is 1. The molecule has 1 unspecified atom stereocenters. The molecular formula is C18H25NO3. The lowest BCUT2D eigenvalue weighted by molar-refractivity contribution is -0.120. The predicted molar refractivity (Wildman–Crippen MR) is 86.6 cm³/mol. The zero-order valence-corrected chi connectivity index (χ0v) is 13.5. The van der Waals surface area contributed by atoms with Crippen molar-refractivity contribution in [2.24, 2.45) is 5.92 Å². The number of carbonyl (C=O) groups is 1. The third-order valence-electron chi connectivity index (χ3n) is 4.53. The summed E-state index contributed by atoms with van der Waals surface area (Å²) in [6, 6.07) is 3.93. The number of ether oxygens (including phenoxy) is 2. The Bertz CT molecular complexity index is 550. The van der Waals surface area contributed by atoms with E-state index in [9.17, 15) is 4.79 Å². The first-order valence-corrected chi connectivity index (χ1v) is 8.44. The molecule has 0 bridgehead atoms. The quantitative estimate of drug-likeness (QED) is 0.917. The predicted octanol–water partition coefficient (Wildman–Crippen LogP) is 3.93. The monoisotopic (exact) mass is 303 g/mol. The number of hydrogen-bond donors (Lipinski definition) is 1. The summed E-state index contributed by atoms with van der Waals surface area (Å²) in [6.45, 7) is 4.60. The summed E-state index contributed by atoms with van der Waals surface area (Å²) in [7, 11) is 0. The SMILES string of the molecule is CCOc1cc2c(cc1NC(=O)C1CCCCC1)OC(C)C2. The maximum Gasteiger partial charge on any atom is 0.227 e. The van der Waals surface area contributed by atoms with Gasteiger partial charge in [-0.25, -0.2) is 0 Å². The first-order valence-electron chi connectivity index (χ1n) is 8.44. The topological polar surface area (TPSA) is 47.6 Å². The Morgan fingerprint density at radius 3 is 2.82 bits per heavy atom. The van der Waals surface area contributed by atoms with Crippen molar-refractivity contribution < 1.29 is 14.3 Å². The van der Waals surface area contributed by atoms with Crippen molar-refractivity contribution in [3.05, 3.63) is 17.7 Å². The second-order valence-electron chi connectivity index (χ2n) is 6.35. The van der Waals surface area contributed by atoms with Crippen LogP contribution in [0.15, 0.2) is 12.1 Å². The van der Waals surface area contributed by atoms with E-state index in [-0.39, 0.29) is 17.9 Å². The highest BCUT2D eigenvalue weighted by Crippen LogP contribution is 2.38. The van der Waals surface area contributed by atoms with Gasteiger partial charge >= 0.3 is 0 Å². The molecule has 1 fully saturated rings. The van der Waals surface area contributed by atoms with Crippen LogP contribution in [0, 0.1) is 5.92 Å². The molecule has 4 nitrogen and oxygen atoms in total. The van der Waals surface area contributed by atoms with Gasteiger partial charge in [0.1, 0.15) is 17.6 Å². The molecule has 22 heavy (non-hydrogen) atoms. The number of rotatable bonds is 4. The second-order valence-corrected chi connectivity index (χ2v) is 6.35. The Hall–Kier alpha value is -1.71. The van der Waals surface area contributed by atoms with Crippen LogP contribution in [0.2, 0.25) is 0 Å². The van der Waals surface area contributed by atoms with Gasteiger partial charge in [-0.1, -0.05) is 19.3 Å². The van der Waals surface area contributed by atoms with E-state index in [1.54, 1.807) is 0 Å². The van der Waals surface area contributed by atoms with Crippen molar-refractivity contribution in [1.29, 1.82) is 0 Å². The molecule has 1 aliphatic carbocycles. The lowest BCUT2D eigenvalue weighted by Crippen LogP contribution is -2.25. The van der Waals surface area contributed by atoms with Gasteiger partial charge in [-0.3, -0.25) is 4.79 Å². The van der Waals surface area contributed by atoms with Gasteiger partial charge in [0.05, 0.1) is 12.3 Å². The molecule has 0 radical (unpaired) electrons. The summed E-state index contributed by atoms with van der Waals surface area (Å²) >= 11 is 0. The number of nitrogens with one attached hydrogen (secondary N) is 1. The fourth-order valence-corrected chi connectivity index (χ4v) is 3.41. The van der Waals surface area contributed by atoms with Crippen LogP contribution in [-0.4, -0.2) is 18.6 Å². The number of anilines is 1. The Kier molecular flexibility index (Phi) is 4.55. The van der Waals surface area contributed by atoms with E-state index in [0.29, 0.717) is 6.61 Å². The standard InChI is InChI=1S/C18H25NO3/c1-3-21-17-10-14-9-12(2)22-16(14)11-15(17)19-18(20)13-7-5-4-6-8-13/h10-13H,3-9H2,1-2H3,(H,19,20). The summed E-state index contributed by atoms with van der Waals surface area (Å²) in [6.07, 6.45) is 6.63. The Morgan fingerprint density at radius 1 is 1.32 bits per heavy atom. The number of carbonyl (C=O) groups excluding carboxylic acids is 1. The van der Waals surface area contributed by atoms with Crippen LogP contribution in [0.25, 0.3) is 0 Å². The average molecular weight is 303 g/mol. The molecule has 1 atom stereocenters. The van der Waals surface area contributed by atoms with Gasteiger partial charge < -0.3 is 14.8 Å². The van der Waals surface area contributed by atoms with Crippen LogP contribution in [0.3, 0.4) is 0 Å². The van der Waals surface area contributed by atoms with Crippen molar-refractivity contribution in [3.63, 3.8) is 0 Å². The van der Waals surface area contributed by atoms with Crippen LogP contribution in [-0.2, 0) is 11.2 Å². The van der Waals surface area contributed by atoms with E-state index in [0.717, 1.165) is 54.9 Å². The number of hydrogen-bond acceptors (Lipinski definition) is 3. The molecule has 2 aliphatic rings. The van der Waals surface area contributed by atoms with Crippen LogP contribution in [0.1, 0.15) is 51.5 Å². The van der Waals surface area contributed by atoms with E-state index in [4.69, 9.17) is 9.47 Å². The second kappa shape index (κ2) is 6.59. The molecular weight excluding hydrogens is 278 g/mol. The van der Waals surface area contributed by atoms with Gasteiger partial charge in [-0.15, -0.1) is 0 Å². The maximum absolute atomic E-state index is 12.5. The van der Waals surface area contributed by atoms with Crippen LogP contribution >= 0.6 is 0 Å². The molecule has 0 aromatic heterocycles. The Balaban J connectivity index is 1.79. The lowest BCUT2D eigenvalue weighted by Gasteiger charge is -2.21. The van der Waals surface area contributed by atoms with E-state index < -0.39 is 0 Å². The van der Waals surface area contributed by atoms with Gasteiger partial charge in [0.2, 0.25) is 5.91 Å². The molecule has 0 saturated heterocycles. The third kappa shape index (κ3) is 3.21. The molecule has 0 spiro atoms. The molecule has 4 heteroatoms. The van der Waals surface area contributed by atoms with Crippen molar-refractivity contribution >= 4 is 11.6 Å². The summed E-state index contributed by atoms with van der Waals surface area (Å²) < 4.78 is 11.5. The Labute approximate surface area is 132 Å². The van der Waals surface area contributed by atoms with Crippen molar-refractivity contribution in [3.8, 4) is 11.5 Å². The van der Waals surface area contributed by atoms with Crippen molar-refractivity contribution in [2.75, 3.05) is 11.9 Å². The van der Waals surface area contributed by atoms with E-state index >= 15 is 0 Å². The minimum Gasteiger partial charge on any atom is -0.492 e. The fraction of sp³-hybridized carbons (Fsp3) is 0.611. The van der Waals surface area contributed by atoms with Crippen LogP contribution in [0.5, 0.6) is 11.5 Å². The number of amides is 1. The molecule has 1 aromatic carbocycles. The smallest absolute Gasteiger partial charge is 0.227 e. The summed E-state index contributed by atoms with van der Waals surface area (Å²) in [5.41, 5.74) is 1.90. The molecule has 1 N–H and O–H groups in total. The summed E-state index contributed by atoms with van der Waals surface area (Å²) in [4.78, 5) is 12.5. The van der Waals surface area contributed by atoms with Crippen LogP contribution < -0.4 is 14.8 Å². The highest BCUT2D eigenvalue weighted by Gasteiger charge is 2.25. The zero-order chi connectivity index (χ0) is 15.5. The molecule has 1 heterocycles. The largest absolute Gasteiger partial charge is 0.492 e. The Morgan fingerprint density at radius 2 is 2.09 bits per heavy atom. The highest BCUT2D eigenvalue weighted by molar-refractivity contribution is 5.94. The van der Waals surface area contributed by atoms with Gasteiger partial charge in [-0.2, -0.15) is 0 Å². The average Bonchev–Trinajstić information content (AvgIpc) is 2.87. The first-order chi connectivity index (χ1) is 10.7. The summed E-state index contributed by atoms with van der Waals surface area (Å²) in [5, 5.41) is 3.07. The molecule has 1 aromatic rings. The minimum atomic E-state index is 0.117. The van der Waals surface area contributed by atoms with Crippen molar-refractivity contribution in [2.45, 2.75) is 58.5 Å². The summed E-state index contributed by atoms with van der Waals surface area (Å²) in [5.74, 6) is 1.88. The normalized spacial score (nSPS) is 21.1. The molecule has 120 valence electrons. The molecule has 1 amide bonds. The molecule has 3 rings (SSSR count). The lowest BCUT2D eigenvalue weighted by atomic mass is 9.88. The molecule has 1 aliphatic heterocycles. The minimum absolute atomic E-state index is 0.117. The zero-order valence-electron chi connectivity index (χ0n) is 13.5. The van der Waals surface area contributed by atoms with Crippen molar-refractivity contribution in [1.82, 2.24) is 0 Å². The van der Waals surface area contributed by atoms with E-state index in [1.807, 2.05) is 19.1 Å². The van der Waals surface area contributed by atoms with Crippen LogP contribution in [0.4, 0.5) is 5.69 Å². The van der Waals surface area contributed by atoms with Gasteiger partial charge in [-0.05, 0) is 32.8 Å². The number of fused-ring (bicyclic) bond motifs is 1.